The first-order valence-corrected chi connectivity index (χ1v) is 7.19. The zero-order chi connectivity index (χ0) is 15.7. The third-order valence-electron chi connectivity index (χ3n) is 3.84. The maximum Gasteiger partial charge on any atom is 0.319 e. The van der Waals surface area contributed by atoms with E-state index < -0.39 is 6.17 Å². The number of nitrogens with one attached hydrogen (secondary N) is 1. The number of ether oxygens (including phenoxy) is 1. The lowest BCUT2D eigenvalue weighted by atomic mass is 10.1. The molecule has 3 rings (SSSR count). The second-order valence-electron chi connectivity index (χ2n) is 5.25. The van der Waals surface area contributed by atoms with Gasteiger partial charge in [0.2, 0.25) is 0 Å². The summed E-state index contributed by atoms with van der Waals surface area (Å²) in [6.07, 6.45) is -0.706. The Morgan fingerprint density at radius 1 is 1.14 bits per heavy atom. The van der Waals surface area contributed by atoms with Gasteiger partial charge in [0.15, 0.2) is 0 Å². The number of rotatable bonds is 2. The van der Waals surface area contributed by atoms with E-state index in [2.05, 4.69) is 5.32 Å². The van der Waals surface area contributed by atoms with Gasteiger partial charge in [-0.25, -0.2) is 4.79 Å². The highest BCUT2D eigenvalue weighted by Crippen LogP contribution is 2.23. The summed E-state index contributed by atoms with van der Waals surface area (Å²) in [6.45, 7) is 3.62. The van der Waals surface area contributed by atoms with Crippen molar-refractivity contribution >= 4 is 17.8 Å². The van der Waals surface area contributed by atoms with Crippen molar-refractivity contribution in [1.82, 2.24) is 15.1 Å². The second-order valence-corrected chi connectivity index (χ2v) is 5.25. The number of fused-ring (bicyclic) bond motifs is 1. The number of carbonyl (C=O) groups is 3. The molecule has 0 radical (unpaired) electrons. The Hall–Kier alpha value is -2.41. The predicted molar refractivity (Wildman–Crippen MR) is 77.3 cm³/mol. The Morgan fingerprint density at radius 3 is 2.23 bits per heavy atom. The molecule has 1 aromatic carbocycles. The minimum Gasteiger partial charge on any atom is -0.378 e. The summed E-state index contributed by atoms with van der Waals surface area (Å²) in [4.78, 5) is 39.5. The molecular formula is C15H17N3O4. The molecule has 1 aromatic rings. The quantitative estimate of drug-likeness (QED) is 0.815. The number of benzene rings is 1. The largest absolute Gasteiger partial charge is 0.378 e. The van der Waals surface area contributed by atoms with Crippen LogP contribution in [-0.2, 0) is 4.74 Å². The zero-order valence-corrected chi connectivity index (χ0v) is 12.2. The van der Waals surface area contributed by atoms with Crippen LogP contribution in [0, 0.1) is 0 Å². The van der Waals surface area contributed by atoms with Crippen LogP contribution < -0.4 is 5.32 Å². The highest BCUT2D eigenvalue weighted by Gasteiger charge is 2.39. The summed E-state index contributed by atoms with van der Waals surface area (Å²) in [5.41, 5.74) is 0.750. The topological polar surface area (TPSA) is 79.0 Å². The van der Waals surface area contributed by atoms with E-state index in [0.717, 1.165) is 4.90 Å². The molecule has 1 fully saturated rings. The lowest BCUT2D eigenvalue weighted by Crippen LogP contribution is -2.54. The summed E-state index contributed by atoms with van der Waals surface area (Å²) in [7, 11) is 0. The molecule has 0 saturated carbocycles. The van der Waals surface area contributed by atoms with Crippen LogP contribution in [0.1, 0.15) is 27.6 Å². The van der Waals surface area contributed by atoms with Gasteiger partial charge in [-0.15, -0.1) is 0 Å². The molecule has 116 valence electrons. The van der Waals surface area contributed by atoms with Crippen molar-refractivity contribution in [3.63, 3.8) is 0 Å². The molecule has 0 spiro atoms. The number of hydrogen-bond acceptors (Lipinski definition) is 4. The summed E-state index contributed by atoms with van der Waals surface area (Å²) < 4.78 is 5.19. The van der Waals surface area contributed by atoms with Gasteiger partial charge in [0, 0.05) is 13.1 Å². The van der Waals surface area contributed by atoms with E-state index >= 15 is 0 Å². The molecule has 0 bridgehead atoms. The van der Waals surface area contributed by atoms with Gasteiger partial charge in [0.1, 0.15) is 6.17 Å². The number of imide groups is 1. The molecule has 2 aliphatic rings. The van der Waals surface area contributed by atoms with Crippen LogP contribution in [0.3, 0.4) is 0 Å². The molecule has 2 heterocycles. The van der Waals surface area contributed by atoms with Gasteiger partial charge in [-0.3, -0.25) is 14.5 Å². The zero-order valence-electron chi connectivity index (χ0n) is 12.2. The average molecular weight is 303 g/mol. The van der Waals surface area contributed by atoms with Crippen molar-refractivity contribution in [3.05, 3.63) is 35.4 Å². The first-order chi connectivity index (χ1) is 10.6. The van der Waals surface area contributed by atoms with E-state index in [9.17, 15) is 14.4 Å². The van der Waals surface area contributed by atoms with Crippen LogP contribution in [0.4, 0.5) is 4.79 Å². The maximum absolute atomic E-state index is 12.3. The van der Waals surface area contributed by atoms with E-state index in [1.165, 1.54) is 0 Å². The van der Waals surface area contributed by atoms with Crippen molar-refractivity contribution in [2.45, 2.75) is 13.1 Å². The van der Waals surface area contributed by atoms with E-state index in [1.54, 1.807) is 36.1 Å². The van der Waals surface area contributed by atoms with Gasteiger partial charge < -0.3 is 15.0 Å². The lowest BCUT2D eigenvalue weighted by Gasteiger charge is -2.30. The van der Waals surface area contributed by atoms with Crippen LogP contribution in [0.5, 0.6) is 0 Å². The summed E-state index contributed by atoms with van der Waals surface area (Å²) in [5.74, 6) is -0.759. The fraction of sp³-hybridized carbons (Fsp3) is 0.400. The molecule has 1 unspecified atom stereocenters. The third kappa shape index (κ3) is 2.43. The fourth-order valence-corrected chi connectivity index (χ4v) is 2.66. The minimum atomic E-state index is -0.706. The van der Waals surface area contributed by atoms with Crippen molar-refractivity contribution in [2.75, 3.05) is 26.3 Å². The van der Waals surface area contributed by atoms with Crippen LogP contribution in [-0.4, -0.2) is 60.1 Å². The molecule has 7 heteroatoms. The molecule has 2 aliphatic heterocycles. The molecule has 0 aliphatic carbocycles. The first-order valence-electron chi connectivity index (χ1n) is 7.19. The highest BCUT2D eigenvalue weighted by molar-refractivity contribution is 6.21. The Labute approximate surface area is 127 Å². The van der Waals surface area contributed by atoms with Crippen molar-refractivity contribution in [3.8, 4) is 0 Å². The molecule has 1 saturated heterocycles. The third-order valence-corrected chi connectivity index (χ3v) is 3.84. The molecule has 0 aromatic heterocycles. The Morgan fingerprint density at radius 2 is 1.68 bits per heavy atom. The van der Waals surface area contributed by atoms with Gasteiger partial charge in [-0.1, -0.05) is 12.1 Å². The number of urea groups is 1. The highest BCUT2D eigenvalue weighted by atomic mass is 16.5. The molecular weight excluding hydrogens is 286 g/mol. The van der Waals surface area contributed by atoms with Crippen LogP contribution in [0.2, 0.25) is 0 Å². The van der Waals surface area contributed by atoms with Gasteiger partial charge in [-0.05, 0) is 19.1 Å². The van der Waals surface area contributed by atoms with Gasteiger partial charge in [0.25, 0.3) is 11.8 Å². The fourth-order valence-electron chi connectivity index (χ4n) is 2.66. The Balaban J connectivity index is 1.71. The normalized spacial score (nSPS) is 19.1. The van der Waals surface area contributed by atoms with E-state index in [1.807, 2.05) is 0 Å². The monoisotopic (exact) mass is 303 g/mol. The number of nitrogens with zero attached hydrogens (tertiary/aromatic N) is 2. The van der Waals surface area contributed by atoms with E-state index in [4.69, 9.17) is 4.74 Å². The Kier molecular flexibility index (Phi) is 3.81. The SMILES string of the molecule is CC(NC(=O)N1CCOCC1)N1C(=O)c2ccccc2C1=O. The molecule has 4 amide bonds. The molecule has 22 heavy (non-hydrogen) atoms. The summed E-state index contributed by atoms with van der Waals surface area (Å²) >= 11 is 0. The smallest absolute Gasteiger partial charge is 0.319 e. The summed E-state index contributed by atoms with van der Waals surface area (Å²) in [6, 6.07) is 6.36. The lowest BCUT2D eigenvalue weighted by molar-refractivity contribution is 0.0466. The Bertz CT molecular complexity index is 590. The van der Waals surface area contributed by atoms with E-state index in [0.29, 0.717) is 37.4 Å². The van der Waals surface area contributed by atoms with Gasteiger partial charge >= 0.3 is 6.03 Å². The molecule has 1 N–H and O–H groups in total. The average Bonchev–Trinajstić information content (AvgIpc) is 2.80. The second kappa shape index (κ2) is 5.76. The van der Waals surface area contributed by atoms with E-state index in [-0.39, 0.29) is 17.8 Å². The van der Waals surface area contributed by atoms with Crippen molar-refractivity contribution < 1.29 is 19.1 Å². The van der Waals surface area contributed by atoms with Crippen LogP contribution in [0.15, 0.2) is 24.3 Å². The van der Waals surface area contributed by atoms with Crippen LogP contribution in [0.25, 0.3) is 0 Å². The minimum absolute atomic E-state index is 0.299. The molecule has 7 nitrogen and oxygen atoms in total. The number of morpholine rings is 1. The standard InChI is InChI=1S/C15H17N3O4/c1-10(16-15(21)17-6-8-22-9-7-17)18-13(19)11-4-2-3-5-12(11)14(18)20/h2-5,10H,6-9H2,1H3,(H,16,21). The first kappa shape index (κ1) is 14.5. The maximum atomic E-state index is 12.3. The van der Waals surface area contributed by atoms with Gasteiger partial charge in [-0.2, -0.15) is 0 Å². The summed E-state index contributed by atoms with van der Waals surface area (Å²) in [5, 5.41) is 2.70. The number of carbonyl (C=O) groups excluding carboxylic acids is 3. The number of amides is 4. The molecule has 1 atom stereocenters. The van der Waals surface area contributed by atoms with Crippen LogP contribution >= 0.6 is 0 Å². The predicted octanol–water partition coefficient (Wildman–Crippen LogP) is 0.670. The van der Waals surface area contributed by atoms with Gasteiger partial charge in [0.05, 0.1) is 24.3 Å². The van der Waals surface area contributed by atoms with Crippen molar-refractivity contribution in [1.29, 1.82) is 0 Å². The number of hydrogen-bond donors (Lipinski definition) is 1. The van der Waals surface area contributed by atoms with Crippen molar-refractivity contribution in [2.24, 2.45) is 0 Å².